The number of hydrogen-bond acceptors (Lipinski definition) is 5. The molecular weight excluding hydrogens is 366 g/mol. The molecule has 0 spiro atoms. The van der Waals surface area contributed by atoms with Crippen molar-refractivity contribution in [1.82, 2.24) is 5.32 Å². The number of hydrogen-bond donors (Lipinski definition) is 1. The van der Waals surface area contributed by atoms with Crippen LogP contribution in [-0.2, 0) is 14.3 Å². The van der Waals surface area contributed by atoms with Crippen LogP contribution >= 0.6 is 0 Å². The molecule has 3 rings (SSSR count). The number of carbonyl (C=O) groups is 2. The number of ether oxygens (including phenoxy) is 2. The van der Waals surface area contributed by atoms with Crippen LogP contribution in [0.25, 0.3) is 0 Å². The summed E-state index contributed by atoms with van der Waals surface area (Å²) in [5, 5.41) is 3.32. The van der Waals surface area contributed by atoms with Crippen molar-refractivity contribution in [3.05, 3.63) is 52.4 Å². The number of Topliss-reactive ketones (excluding diaryl/α,β-unsaturated/α-hetero) is 1. The van der Waals surface area contributed by atoms with E-state index in [1.807, 2.05) is 38.1 Å². The van der Waals surface area contributed by atoms with Crippen molar-refractivity contribution in [2.45, 2.75) is 65.2 Å². The van der Waals surface area contributed by atoms with Gasteiger partial charge in [-0.2, -0.15) is 0 Å². The van der Waals surface area contributed by atoms with E-state index in [0.29, 0.717) is 30.8 Å². The number of carbonyl (C=O) groups excluding carboxylic acids is 2. The van der Waals surface area contributed by atoms with Gasteiger partial charge in [-0.1, -0.05) is 38.5 Å². The summed E-state index contributed by atoms with van der Waals surface area (Å²) in [6, 6.07) is 7.74. The van der Waals surface area contributed by atoms with E-state index >= 15 is 0 Å². The number of nitrogens with one attached hydrogen (secondary N) is 1. The summed E-state index contributed by atoms with van der Waals surface area (Å²) in [5.74, 6) is 0.00318. The Kier molecular flexibility index (Phi) is 7.13. The molecule has 1 aliphatic carbocycles. The van der Waals surface area contributed by atoms with Crippen LogP contribution < -0.4 is 10.1 Å². The van der Waals surface area contributed by atoms with Gasteiger partial charge in [0, 0.05) is 29.0 Å². The van der Waals surface area contributed by atoms with Crippen molar-refractivity contribution in [3.63, 3.8) is 0 Å². The van der Waals surface area contributed by atoms with Crippen LogP contribution in [0.2, 0.25) is 0 Å². The second-order valence-corrected chi connectivity index (χ2v) is 7.64. The molecule has 1 heterocycles. The normalized spacial score (nSPS) is 19.0. The maximum Gasteiger partial charge on any atom is 0.336 e. The van der Waals surface area contributed by atoms with E-state index in [9.17, 15) is 9.59 Å². The maximum atomic E-state index is 13.0. The van der Waals surface area contributed by atoms with Gasteiger partial charge in [0.1, 0.15) is 5.75 Å². The Balaban J connectivity index is 2.09. The Morgan fingerprint density at radius 1 is 1.14 bits per heavy atom. The fourth-order valence-corrected chi connectivity index (χ4v) is 4.01. The summed E-state index contributed by atoms with van der Waals surface area (Å²) >= 11 is 0. The summed E-state index contributed by atoms with van der Waals surface area (Å²) in [6.45, 7) is 6.94. The molecule has 0 bridgehead atoms. The quantitative estimate of drug-likeness (QED) is 0.505. The topological polar surface area (TPSA) is 64.6 Å². The molecule has 1 atom stereocenters. The van der Waals surface area contributed by atoms with Crippen molar-refractivity contribution in [2.75, 3.05) is 13.2 Å². The highest BCUT2D eigenvalue weighted by Gasteiger charge is 2.40. The summed E-state index contributed by atoms with van der Waals surface area (Å²) in [6.07, 6.45) is 4.89. The number of para-hydroxylation sites is 1. The molecule has 5 heteroatoms. The highest BCUT2D eigenvalue weighted by molar-refractivity contribution is 6.04. The minimum absolute atomic E-state index is 0.0976. The zero-order valence-corrected chi connectivity index (χ0v) is 17.7. The molecule has 0 saturated heterocycles. The second-order valence-electron chi connectivity index (χ2n) is 7.64. The standard InChI is InChI=1S/C24H31NO4/c1-4-6-15-28-20-13-8-7-10-17(20)22-21(24(27)29-14-5-2)16(3)25-18-11-9-12-19(26)23(18)22/h7-8,10,13,22,25H,4-6,9,11-12,14-15H2,1-3H3. The number of rotatable bonds is 8. The summed E-state index contributed by atoms with van der Waals surface area (Å²) < 4.78 is 11.6. The summed E-state index contributed by atoms with van der Waals surface area (Å²) in [4.78, 5) is 26.0. The number of ketones is 1. The van der Waals surface area contributed by atoms with Crippen LogP contribution in [0, 0.1) is 0 Å². The lowest BCUT2D eigenvalue weighted by atomic mass is 9.75. The van der Waals surface area contributed by atoms with E-state index in [1.165, 1.54) is 0 Å². The van der Waals surface area contributed by atoms with E-state index in [-0.39, 0.29) is 11.8 Å². The van der Waals surface area contributed by atoms with Gasteiger partial charge in [0.25, 0.3) is 0 Å². The third kappa shape index (κ3) is 4.55. The summed E-state index contributed by atoms with van der Waals surface area (Å²) in [7, 11) is 0. The maximum absolute atomic E-state index is 13.0. The highest BCUT2D eigenvalue weighted by atomic mass is 16.5. The number of esters is 1. The summed E-state index contributed by atoms with van der Waals surface area (Å²) in [5.41, 5.74) is 3.75. The Bertz CT molecular complexity index is 837. The van der Waals surface area contributed by atoms with Crippen molar-refractivity contribution in [2.24, 2.45) is 0 Å². The minimum Gasteiger partial charge on any atom is -0.493 e. The van der Waals surface area contributed by atoms with Crippen molar-refractivity contribution in [1.29, 1.82) is 0 Å². The molecule has 1 aromatic carbocycles. The molecule has 1 aromatic rings. The van der Waals surface area contributed by atoms with Gasteiger partial charge in [0.2, 0.25) is 0 Å². The highest BCUT2D eigenvalue weighted by Crippen LogP contribution is 2.45. The predicted molar refractivity (Wildman–Crippen MR) is 113 cm³/mol. The first-order chi connectivity index (χ1) is 14.1. The van der Waals surface area contributed by atoms with E-state index in [1.54, 1.807) is 0 Å². The first kappa shape index (κ1) is 21.2. The average Bonchev–Trinajstić information content (AvgIpc) is 2.72. The fraction of sp³-hybridized carbons (Fsp3) is 0.500. The van der Waals surface area contributed by atoms with Crippen molar-refractivity contribution >= 4 is 11.8 Å². The van der Waals surface area contributed by atoms with Gasteiger partial charge >= 0.3 is 5.97 Å². The van der Waals surface area contributed by atoms with E-state index in [4.69, 9.17) is 9.47 Å². The third-order valence-corrected chi connectivity index (χ3v) is 5.42. The smallest absolute Gasteiger partial charge is 0.336 e. The van der Waals surface area contributed by atoms with E-state index in [2.05, 4.69) is 12.2 Å². The zero-order valence-electron chi connectivity index (χ0n) is 17.7. The Morgan fingerprint density at radius 3 is 2.69 bits per heavy atom. The largest absolute Gasteiger partial charge is 0.493 e. The minimum atomic E-state index is -0.457. The number of unbranched alkanes of at least 4 members (excludes halogenated alkanes) is 1. The Labute approximate surface area is 173 Å². The molecule has 5 nitrogen and oxygen atoms in total. The first-order valence-electron chi connectivity index (χ1n) is 10.7. The van der Waals surface area contributed by atoms with Crippen molar-refractivity contribution in [3.8, 4) is 5.75 Å². The number of dihydropyridines is 1. The van der Waals surface area contributed by atoms with Gasteiger partial charge in [-0.15, -0.1) is 0 Å². The van der Waals surface area contributed by atoms with Crippen LogP contribution in [-0.4, -0.2) is 25.0 Å². The molecule has 2 aliphatic rings. The first-order valence-corrected chi connectivity index (χ1v) is 10.7. The second kappa shape index (κ2) is 9.77. The SMILES string of the molecule is CCCCOc1ccccc1C1C(C(=O)OCCC)=C(C)NC2=C1C(=O)CCC2. The average molecular weight is 398 g/mol. The molecule has 1 aliphatic heterocycles. The van der Waals surface area contributed by atoms with Gasteiger partial charge in [-0.25, -0.2) is 4.79 Å². The predicted octanol–water partition coefficient (Wildman–Crippen LogP) is 4.79. The Morgan fingerprint density at radius 2 is 1.93 bits per heavy atom. The lowest BCUT2D eigenvalue weighted by Gasteiger charge is -2.34. The Hall–Kier alpha value is -2.56. The van der Waals surface area contributed by atoms with Crippen molar-refractivity contribution < 1.29 is 19.1 Å². The van der Waals surface area contributed by atoms with Gasteiger partial charge in [0.05, 0.1) is 24.7 Å². The monoisotopic (exact) mass is 397 g/mol. The molecule has 0 aromatic heterocycles. The molecule has 0 amide bonds. The van der Waals surface area contributed by atoms with Crippen LogP contribution in [0.5, 0.6) is 5.75 Å². The molecule has 1 N–H and O–H groups in total. The van der Waals surface area contributed by atoms with Crippen LogP contribution in [0.3, 0.4) is 0 Å². The molecule has 0 radical (unpaired) electrons. The van der Waals surface area contributed by atoms with Gasteiger partial charge in [0.15, 0.2) is 5.78 Å². The lowest BCUT2D eigenvalue weighted by Crippen LogP contribution is -2.34. The fourth-order valence-electron chi connectivity index (χ4n) is 4.01. The molecule has 0 fully saturated rings. The van der Waals surface area contributed by atoms with Crippen LogP contribution in [0.4, 0.5) is 0 Å². The van der Waals surface area contributed by atoms with Gasteiger partial charge in [-0.3, -0.25) is 4.79 Å². The van der Waals surface area contributed by atoms with Gasteiger partial charge in [-0.05, 0) is 38.7 Å². The van der Waals surface area contributed by atoms with E-state index < -0.39 is 5.92 Å². The van der Waals surface area contributed by atoms with Gasteiger partial charge < -0.3 is 14.8 Å². The molecule has 0 saturated carbocycles. The number of allylic oxidation sites excluding steroid dienone is 3. The van der Waals surface area contributed by atoms with E-state index in [0.717, 1.165) is 54.8 Å². The third-order valence-electron chi connectivity index (χ3n) is 5.42. The zero-order chi connectivity index (χ0) is 20.8. The molecule has 156 valence electrons. The van der Waals surface area contributed by atoms with Crippen LogP contribution in [0.15, 0.2) is 46.8 Å². The number of benzene rings is 1. The molecule has 29 heavy (non-hydrogen) atoms. The molecule has 1 unspecified atom stereocenters. The van der Waals surface area contributed by atoms with Crippen LogP contribution in [0.1, 0.15) is 70.8 Å². The lowest BCUT2D eigenvalue weighted by molar-refractivity contribution is -0.139. The molecular formula is C24H31NO4.